The summed E-state index contributed by atoms with van der Waals surface area (Å²) in [6.07, 6.45) is 5.62. The highest BCUT2D eigenvalue weighted by molar-refractivity contribution is 5.91. The summed E-state index contributed by atoms with van der Waals surface area (Å²) >= 11 is 0. The lowest BCUT2D eigenvalue weighted by Gasteiger charge is -2.08. The zero-order valence-corrected chi connectivity index (χ0v) is 11.1. The van der Waals surface area contributed by atoms with Crippen LogP contribution in [0.3, 0.4) is 0 Å². The molecule has 2 rings (SSSR count). The Kier molecular flexibility index (Phi) is 4.98. The number of carbonyl (C=O) groups is 1. The standard InChI is InChI=1S/C15H19NO3/c1-18-13-7-4-12(5-8-13)6-9-15(17)16-11-14-3-2-10-19-14/h4-9,14H,2-3,10-11H2,1H3,(H,16,17)/b9-6+/t14-/m0/s1. The van der Waals surface area contributed by atoms with Crippen LogP contribution in [0.2, 0.25) is 0 Å². The van der Waals surface area contributed by atoms with E-state index in [1.54, 1.807) is 13.2 Å². The number of hydrogen-bond donors (Lipinski definition) is 1. The van der Waals surface area contributed by atoms with Gasteiger partial charge < -0.3 is 14.8 Å². The first-order valence-corrected chi connectivity index (χ1v) is 6.49. The average Bonchev–Trinajstić information content (AvgIpc) is 2.96. The molecule has 1 aromatic carbocycles. The molecule has 1 N–H and O–H groups in total. The third kappa shape index (κ3) is 4.41. The van der Waals surface area contributed by atoms with Crippen LogP contribution in [0, 0.1) is 0 Å². The quantitative estimate of drug-likeness (QED) is 0.825. The molecule has 0 spiro atoms. The van der Waals surface area contributed by atoms with Crippen LogP contribution in [0.4, 0.5) is 0 Å². The van der Waals surface area contributed by atoms with Gasteiger partial charge in [0.25, 0.3) is 0 Å². The third-order valence-electron chi connectivity index (χ3n) is 3.07. The Morgan fingerprint density at radius 2 is 2.26 bits per heavy atom. The van der Waals surface area contributed by atoms with Gasteiger partial charge in [0.05, 0.1) is 13.2 Å². The van der Waals surface area contributed by atoms with Crippen LogP contribution in [0.15, 0.2) is 30.3 Å². The van der Waals surface area contributed by atoms with Crippen LogP contribution in [0.25, 0.3) is 6.08 Å². The van der Waals surface area contributed by atoms with Crippen molar-refractivity contribution in [1.29, 1.82) is 0 Å². The second kappa shape index (κ2) is 6.95. The highest BCUT2D eigenvalue weighted by Gasteiger charge is 2.15. The fraction of sp³-hybridized carbons (Fsp3) is 0.400. The molecule has 1 amide bonds. The fourth-order valence-electron chi connectivity index (χ4n) is 1.97. The van der Waals surface area contributed by atoms with E-state index in [4.69, 9.17) is 9.47 Å². The van der Waals surface area contributed by atoms with E-state index >= 15 is 0 Å². The number of carbonyl (C=O) groups excluding carboxylic acids is 1. The molecule has 1 saturated heterocycles. The van der Waals surface area contributed by atoms with Crippen molar-refractivity contribution in [3.05, 3.63) is 35.9 Å². The summed E-state index contributed by atoms with van der Waals surface area (Å²) in [4.78, 5) is 11.6. The normalized spacial score (nSPS) is 18.7. The predicted octanol–water partition coefficient (Wildman–Crippen LogP) is 2.00. The molecule has 0 saturated carbocycles. The van der Waals surface area contributed by atoms with E-state index in [9.17, 15) is 4.79 Å². The summed E-state index contributed by atoms with van der Waals surface area (Å²) in [5.41, 5.74) is 0.966. The molecule has 1 heterocycles. The van der Waals surface area contributed by atoms with Gasteiger partial charge in [-0.25, -0.2) is 0 Å². The Labute approximate surface area is 113 Å². The van der Waals surface area contributed by atoms with E-state index in [-0.39, 0.29) is 12.0 Å². The van der Waals surface area contributed by atoms with E-state index in [0.29, 0.717) is 6.54 Å². The number of ether oxygens (including phenoxy) is 2. The van der Waals surface area contributed by atoms with Crippen molar-refractivity contribution >= 4 is 12.0 Å². The number of benzene rings is 1. The van der Waals surface area contributed by atoms with Gasteiger partial charge in [-0.1, -0.05) is 12.1 Å². The molecule has 1 aromatic rings. The predicted molar refractivity (Wildman–Crippen MR) is 74.0 cm³/mol. The molecule has 1 aliphatic heterocycles. The van der Waals surface area contributed by atoms with Gasteiger partial charge in [0.2, 0.25) is 5.91 Å². The van der Waals surface area contributed by atoms with Gasteiger partial charge in [-0.15, -0.1) is 0 Å². The van der Waals surface area contributed by atoms with Gasteiger partial charge >= 0.3 is 0 Å². The van der Waals surface area contributed by atoms with E-state index in [1.165, 1.54) is 6.08 Å². The minimum atomic E-state index is -0.0914. The molecule has 1 aliphatic rings. The van der Waals surface area contributed by atoms with Crippen molar-refractivity contribution in [1.82, 2.24) is 5.32 Å². The lowest BCUT2D eigenvalue weighted by molar-refractivity contribution is -0.116. The van der Waals surface area contributed by atoms with Crippen LogP contribution in [-0.2, 0) is 9.53 Å². The zero-order chi connectivity index (χ0) is 13.5. The Bertz CT molecular complexity index is 433. The summed E-state index contributed by atoms with van der Waals surface area (Å²) in [6.45, 7) is 1.40. The Balaban J connectivity index is 1.78. The number of methoxy groups -OCH3 is 1. The maximum atomic E-state index is 11.6. The second-order valence-electron chi connectivity index (χ2n) is 4.49. The van der Waals surface area contributed by atoms with Crippen molar-refractivity contribution in [2.45, 2.75) is 18.9 Å². The van der Waals surface area contributed by atoms with E-state index in [1.807, 2.05) is 24.3 Å². The summed E-state index contributed by atoms with van der Waals surface area (Å²) in [7, 11) is 1.63. The number of rotatable bonds is 5. The maximum absolute atomic E-state index is 11.6. The van der Waals surface area contributed by atoms with E-state index < -0.39 is 0 Å². The third-order valence-corrected chi connectivity index (χ3v) is 3.07. The maximum Gasteiger partial charge on any atom is 0.244 e. The van der Waals surface area contributed by atoms with Crippen LogP contribution < -0.4 is 10.1 Å². The van der Waals surface area contributed by atoms with E-state index in [0.717, 1.165) is 30.8 Å². The molecular weight excluding hydrogens is 242 g/mol. The van der Waals surface area contributed by atoms with Gasteiger partial charge in [0.1, 0.15) is 5.75 Å². The number of hydrogen-bond acceptors (Lipinski definition) is 3. The number of nitrogens with one attached hydrogen (secondary N) is 1. The molecular formula is C15H19NO3. The summed E-state index contributed by atoms with van der Waals surface area (Å²) < 4.78 is 10.5. The summed E-state index contributed by atoms with van der Waals surface area (Å²) in [5, 5.41) is 2.84. The fourth-order valence-corrected chi connectivity index (χ4v) is 1.97. The molecule has 4 heteroatoms. The Morgan fingerprint density at radius 1 is 1.47 bits per heavy atom. The molecule has 4 nitrogen and oxygen atoms in total. The summed E-state index contributed by atoms with van der Waals surface area (Å²) in [5.74, 6) is 0.714. The van der Waals surface area contributed by atoms with Crippen molar-refractivity contribution in [2.24, 2.45) is 0 Å². The molecule has 0 aromatic heterocycles. The first-order valence-electron chi connectivity index (χ1n) is 6.49. The Hall–Kier alpha value is -1.81. The molecule has 19 heavy (non-hydrogen) atoms. The minimum Gasteiger partial charge on any atom is -0.497 e. The van der Waals surface area contributed by atoms with Crippen molar-refractivity contribution in [3.63, 3.8) is 0 Å². The van der Waals surface area contributed by atoms with Crippen molar-refractivity contribution in [3.8, 4) is 5.75 Å². The zero-order valence-electron chi connectivity index (χ0n) is 11.1. The molecule has 0 radical (unpaired) electrons. The van der Waals surface area contributed by atoms with Crippen LogP contribution in [-0.4, -0.2) is 32.3 Å². The van der Waals surface area contributed by atoms with E-state index in [2.05, 4.69) is 5.32 Å². The first kappa shape index (κ1) is 13.6. The van der Waals surface area contributed by atoms with Crippen molar-refractivity contribution in [2.75, 3.05) is 20.3 Å². The molecule has 1 fully saturated rings. The number of amides is 1. The minimum absolute atomic E-state index is 0.0914. The highest BCUT2D eigenvalue weighted by atomic mass is 16.5. The largest absolute Gasteiger partial charge is 0.497 e. The molecule has 1 atom stereocenters. The van der Waals surface area contributed by atoms with Crippen LogP contribution >= 0.6 is 0 Å². The van der Waals surface area contributed by atoms with Crippen LogP contribution in [0.1, 0.15) is 18.4 Å². The topological polar surface area (TPSA) is 47.6 Å². The summed E-state index contributed by atoms with van der Waals surface area (Å²) in [6, 6.07) is 7.54. The second-order valence-corrected chi connectivity index (χ2v) is 4.49. The molecule has 0 bridgehead atoms. The van der Waals surface area contributed by atoms with Gasteiger partial charge in [0, 0.05) is 19.2 Å². The smallest absolute Gasteiger partial charge is 0.244 e. The molecule has 0 unspecified atom stereocenters. The molecule has 102 valence electrons. The van der Waals surface area contributed by atoms with Crippen molar-refractivity contribution < 1.29 is 14.3 Å². The van der Waals surface area contributed by atoms with Gasteiger partial charge in [-0.3, -0.25) is 4.79 Å². The monoisotopic (exact) mass is 261 g/mol. The van der Waals surface area contributed by atoms with Crippen LogP contribution in [0.5, 0.6) is 5.75 Å². The molecule has 0 aliphatic carbocycles. The van der Waals surface area contributed by atoms with Gasteiger partial charge in [0.15, 0.2) is 0 Å². The average molecular weight is 261 g/mol. The SMILES string of the molecule is COc1ccc(/C=C/C(=O)NC[C@@H]2CCCO2)cc1. The van der Waals surface area contributed by atoms with Gasteiger partial charge in [-0.2, -0.15) is 0 Å². The first-order chi connectivity index (χ1) is 9.28. The lowest BCUT2D eigenvalue weighted by atomic mass is 10.2. The van der Waals surface area contributed by atoms with Gasteiger partial charge in [-0.05, 0) is 36.6 Å². The highest BCUT2D eigenvalue weighted by Crippen LogP contribution is 2.12. The lowest BCUT2D eigenvalue weighted by Crippen LogP contribution is -2.30. The Morgan fingerprint density at radius 3 is 2.89 bits per heavy atom.